The number of rotatable bonds is 1. The monoisotopic (exact) mass is 138 g/mol. The molecule has 0 saturated carbocycles. The van der Waals surface area contributed by atoms with Crippen molar-refractivity contribution in [1.29, 1.82) is 0 Å². The molecule has 54 valence electrons. The second kappa shape index (κ2) is 2.46. The van der Waals surface area contributed by atoms with Gasteiger partial charge < -0.3 is 5.02 Å². The van der Waals surface area contributed by atoms with Crippen molar-refractivity contribution >= 4 is 12.4 Å². The molecule has 1 aromatic heterocycles. The summed E-state index contributed by atoms with van der Waals surface area (Å²) in [5, 5.41) is 16.0. The minimum absolute atomic E-state index is 0.418. The van der Waals surface area contributed by atoms with Crippen LogP contribution in [0, 0.1) is 13.8 Å². The van der Waals surface area contributed by atoms with Crippen LogP contribution in [-0.4, -0.2) is 22.1 Å². The number of H-pyrrole nitrogens is 1. The number of nitrogens with one attached hydrogen (secondary N) is 1. The number of aromatic amines is 1. The molecule has 0 unspecified atom stereocenters. The normalized spacial score (nSPS) is 10.0. The van der Waals surface area contributed by atoms with Gasteiger partial charge in [0, 0.05) is 5.69 Å². The van der Waals surface area contributed by atoms with Crippen molar-refractivity contribution in [3.63, 3.8) is 0 Å². The van der Waals surface area contributed by atoms with Crippen molar-refractivity contribution in [2.24, 2.45) is 0 Å². The zero-order valence-corrected chi connectivity index (χ0v) is 6.47. The fourth-order valence-electron chi connectivity index (χ4n) is 1.18. The molecule has 1 rings (SSSR count). The third-order valence-electron chi connectivity index (χ3n) is 1.60. The minimum Gasteiger partial charge on any atom is -0.446 e. The van der Waals surface area contributed by atoms with Crippen LogP contribution in [-0.2, 0) is 0 Å². The van der Waals surface area contributed by atoms with E-state index in [4.69, 9.17) is 0 Å². The summed E-state index contributed by atoms with van der Waals surface area (Å²) in [6, 6.07) is 0. The number of aromatic nitrogens is 2. The van der Waals surface area contributed by atoms with E-state index in [9.17, 15) is 5.02 Å². The van der Waals surface area contributed by atoms with E-state index in [2.05, 4.69) is 10.2 Å². The standard InChI is InChI=1S/C6H11BN2O/c1-4-6(7(3)10)5(2)9-8-4/h10H,1-3H3,(H,8,9). The van der Waals surface area contributed by atoms with Crippen LogP contribution in [0.3, 0.4) is 0 Å². The van der Waals surface area contributed by atoms with E-state index in [1.165, 1.54) is 0 Å². The van der Waals surface area contributed by atoms with Crippen LogP contribution in [0.5, 0.6) is 0 Å². The summed E-state index contributed by atoms with van der Waals surface area (Å²) in [6.07, 6.45) is 0. The molecule has 0 radical (unpaired) electrons. The van der Waals surface area contributed by atoms with Gasteiger partial charge in [0.25, 0.3) is 0 Å². The van der Waals surface area contributed by atoms with Crippen LogP contribution >= 0.6 is 0 Å². The van der Waals surface area contributed by atoms with E-state index >= 15 is 0 Å². The van der Waals surface area contributed by atoms with Crippen molar-refractivity contribution in [2.45, 2.75) is 20.7 Å². The van der Waals surface area contributed by atoms with Gasteiger partial charge in [-0.05, 0) is 19.3 Å². The number of hydrogen-bond acceptors (Lipinski definition) is 2. The Kier molecular flexibility index (Phi) is 1.81. The molecule has 3 nitrogen and oxygen atoms in total. The van der Waals surface area contributed by atoms with Crippen LogP contribution in [0.25, 0.3) is 0 Å². The lowest BCUT2D eigenvalue weighted by atomic mass is 9.63. The van der Waals surface area contributed by atoms with Gasteiger partial charge >= 0.3 is 6.92 Å². The van der Waals surface area contributed by atoms with E-state index in [-0.39, 0.29) is 0 Å². The van der Waals surface area contributed by atoms with E-state index in [0.717, 1.165) is 16.9 Å². The van der Waals surface area contributed by atoms with Gasteiger partial charge in [0.2, 0.25) is 0 Å². The quantitative estimate of drug-likeness (QED) is 0.530. The third-order valence-corrected chi connectivity index (χ3v) is 1.60. The molecule has 0 aliphatic carbocycles. The summed E-state index contributed by atoms with van der Waals surface area (Å²) in [6.45, 7) is 5.11. The molecule has 0 aromatic carbocycles. The predicted molar refractivity (Wildman–Crippen MR) is 41.5 cm³/mol. The lowest BCUT2D eigenvalue weighted by Crippen LogP contribution is -2.29. The van der Waals surface area contributed by atoms with Crippen LogP contribution in [0.15, 0.2) is 0 Å². The molecular weight excluding hydrogens is 127 g/mol. The Morgan fingerprint density at radius 2 is 2.10 bits per heavy atom. The topological polar surface area (TPSA) is 48.9 Å². The van der Waals surface area contributed by atoms with Gasteiger partial charge in [-0.25, -0.2) is 0 Å². The first-order chi connectivity index (χ1) is 4.63. The van der Waals surface area contributed by atoms with E-state index < -0.39 is 6.92 Å². The average Bonchev–Trinajstić information content (AvgIpc) is 2.11. The Bertz CT molecular complexity index is 212. The zero-order chi connectivity index (χ0) is 7.72. The Morgan fingerprint density at radius 1 is 1.50 bits per heavy atom. The van der Waals surface area contributed by atoms with Crippen LogP contribution in [0.1, 0.15) is 11.4 Å². The van der Waals surface area contributed by atoms with Gasteiger partial charge in [0.15, 0.2) is 0 Å². The molecule has 0 atom stereocenters. The molecule has 10 heavy (non-hydrogen) atoms. The second-order valence-electron chi connectivity index (χ2n) is 2.52. The smallest absolute Gasteiger partial charge is 0.324 e. The summed E-state index contributed by atoms with van der Waals surface area (Å²) >= 11 is 0. The van der Waals surface area contributed by atoms with Crippen LogP contribution in [0.4, 0.5) is 0 Å². The van der Waals surface area contributed by atoms with Gasteiger partial charge in [0.1, 0.15) is 0 Å². The largest absolute Gasteiger partial charge is 0.446 e. The molecular formula is C6H11BN2O. The molecule has 1 heterocycles. The van der Waals surface area contributed by atoms with E-state index in [0.29, 0.717) is 0 Å². The average molecular weight is 138 g/mol. The Labute approximate surface area is 60.6 Å². The first-order valence-corrected chi connectivity index (χ1v) is 3.32. The van der Waals surface area contributed by atoms with Crippen LogP contribution < -0.4 is 5.46 Å². The molecule has 0 aliphatic rings. The highest BCUT2D eigenvalue weighted by Gasteiger charge is 2.14. The lowest BCUT2D eigenvalue weighted by molar-refractivity contribution is 0.593. The summed E-state index contributed by atoms with van der Waals surface area (Å²) in [5.74, 6) is 0. The molecule has 0 amide bonds. The lowest BCUT2D eigenvalue weighted by Gasteiger charge is -1.97. The predicted octanol–water partition coefficient (Wildman–Crippen LogP) is -0.153. The van der Waals surface area contributed by atoms with Crippen molar-refractivity contribution in [2.75, 3.05) is 0 Å². The molecule has 0 spiro atoms. The highest BCUT2D eigenvalue weighted by Crippen LogP contribution is 1.94. The van der Waals surface area contributed by atoms with Crippen molar-refractivity contribution in [3.8, 4) is 0 Å². The highest BCUT2D eigenvalue weighted by atomic mass is 16.2. The molecule has 0 saturated heterocycles. The highest BCUT2D eigenvalue weighted by molar-refractivity contribution is 6.65. The van der Waals surface area contributed by atoms with E-state index in [1.807, 2.05) is 13.8 Å². The second-order valence-corrected chi connectivity index (χ2v) is 2.52. The Hall–Kier alpha value is -0.765. The Balaban J connectivity index is 3.10. The number of aryl methyl sites for hydroxylation is 2. The molecule has 2 N–H and O–H groups in total. The van der Waals surface area contributed by atoms with Gasteiger partial charge in [-0.3, -0.25) is 5.10 Å². The minimum atomic E-state index is -0.418. The van der Waals surface area contributed by atoms with Crippen molar-refractivity contribution in [3.05, 3.63) is 11.4 Å². The zero-order valence-electron chi connectivity index (χ0n) is 6.47. The summed E-state index contributed by atoms with van der Waals surface area (Å²) in [7, 11) is 0. The van der Waals surface area contributed by atoms with Crippen LogP contribution in [0.2, 0.25) is 6.82 Å². The van der Waals surface area contributed by atoms with Gasteiger partial charge in [-0.1, -0.05) is 6.82 Å². The summed E-state index contributed by atoms with van der Waals surface area (Å²) in [4.78, 5) is 0. The first-order valence-electron chi connectivity index (χ1n) is 3.32. The maximum Gasteiger partial charge on any atom is 0.324 e. The SMILES string of the molecule is CB(O)c1c(C)n[nH]c1C. The summed E-state index contributed by atoms with van der Waals surface area (Å²) in [5.41, 5.74) is 2.75. The first kappa shape index (κ1) is 7.34. The number of hydrogen-bond donors (Lipinski definition) is 2. The molecule has 0 bridgehead atoms. The fraction of sp³-hybridized carbons (Fsp3) is 0.500. The van der Waals surface area contributed by atoms with Gasteiger partial charge in [0.05, 0.1) is 5.69 Å². The van der Waals surface area contributed by atoms with Gasteiger partial charge in [-0.2, -0.15) is 5.10 Å². The molecule has 0 aliphatic heterocycles. The summed E-state index contributed by atoms with van der Waals surface area (Å²) < 4.78 is 0. The Morgan fingerprint density at radius 3 is 2.30 bits per heavy atom. The van der Waals surface area contributed by atoms with Crippen molar-refractivity contribution in [1.82, 2.24) is 10.2 Å². The maximum absolute atomic E-state index is 9.21. The molecule has 4 heteroatoms. The van der Waals surface area contributed by atoms with Crippen molar-refractivity contribution < 1.29 is 5.02 Å². The van der Waals surface area contributed by atoms with E-state index in [1.54, 1.807) is 6.82 Å². The number of nitrogens with zero attached hydrogens (tertiary/aromatic N) is 1. The molecule has 0 fully saturated rings. The fourth-order valence-corrected chi connectivity index (χ4v) is 1.18. The van der Waals surface area contributed by atoms with Gasteiger partial charge in [-0.15, -0.1) is 0 Å². The maximum atomic E-state index is 9.21. The third kappa shape index (κ3) is 1.07. The molecule has 1 aromatic rings.